The minimum absolute atomic E-state index is 0.0229. The van der Waals surface area contributed by atoms with Crippen LogP contribution >= 0.6 is 7.60 Å². The zero-order valence-electron chi connectivity index (χ0n) is 38.3. The van der Waals surface area contributed by atoms with E-state index in [-0.39, 0.29) is 4.90 Å². The summed E-state index contributed by atoms with van der Waals surface area (Å²) < 4.78 is 68.3. The molecule has 342 valence electrons. The third kappa shape index (κ3) is 32.9. The van der Waals surface area contributed by atoms with Gasteiger partial charge < -0.3 is 9.47 Å². The summed E-state index contributed by atoms with van der Waals surface area (Å²) in [4.78, 5) is -0.0229. The lowest BCUT2D eigenvalue weighted by Crippen LogP contribution is -2.21. The summed E-state index contributed by atoms with van der Waals surface area (Å²) in [6, 6.07) is 6.30. The van der Waals surface area contributed by atoms with Crippen LogP contribution in [0.25, 0.3) is 0 Å². The number of aryl methyl sites for hydroxylation is 1. The van der Waals surface area contributed by atoms with Gasteiger partial charge in [0.25, 0.3) is 10.1 Å². The third-order valence-corrected chi connectivity index (χ3v) is 14.1. The summed E-state index contributed by atoms with van der Waals surface area (Å²) in [5.41, 5.74) is 0.918. The summed E-state index contributed by atoms with van der Waals surface area (Å²) in [6.45, 7) is 10.6. The fourth-order valence-corrected chi connectivity index (χ4v) is 10.2. The zero-order chi connectivity index (χ0) is 42.4. The predicted octanol–water partition coefficient (Wildman–Crippen LogP) is 16.1. The zero-order valence-corrected chi connectivity index (χ0v) is 40.0. The molecule has 0 saturated heterocycles. The smallest absolute Gasteiger partial charge is 0.352 e. The number of hydrogen-bond acceptors (Lipinski definition) is 8. The quantitative estimate of drug-likeness (QED) is 0.0277. The van der Waals surface area contributed by atoms with Crippen molar-refractivity contribution in [3.8, 4) is 0 Å². The maximum absolute atomic E-state index is 13.9. The van der Waals surface area contributed by atoms with Crippen molar-refractivity contribution in [1.29, 1.82) is 0 Å². The highest BCUT2D eigenvalue weighted by atomic mass is 32.2. The molecule has 10 heteroatoms. The normalized spacial score (nSPS) is 14.2. The molecular weight excluding hydrogens is 768 g/mol. The molecule has 8 nitrogen and oxygen atoms in total. The SMILES string of the molecule is CCCCCCCCCCCCCCCCCCOC(C)OP(=O)(COS(=O)(=O)c1ccc(C)cc1)OC(C)OCCCCCCCCCCCCCCCCCC. The molecular formula is C48H91O8PS. The predicted molar refractivity (Wildman–Crippen MR) is 244 cm³/mol. The second kappa shape index (κ2) is 37.9. The number of rotatable bonds is 44. The second-order valence-corrected chi connectivity index (χ2v) is 20.3. The summed E-state index contributed by atoms with van der Waals surface area (Å²) in [7, 11) is -8.28. The molecule has 58 heavy (non-hydrogen) atoms. The van der Waals surface area contributed by atoms with Crippen molar-refractivity contribution in [2.45, 2.75) is 258 Å². The molecule has 0 aromatic heterocycles. The van der Waals surface area contributed by atoms with Crippen LogP contribution in [0, 0.1) is 6.92 Å². The van der Waals surface area contributed by atoms with Crippen LogP contribution in [-0.4, -0.2) is 40.6 Å². The van der Waals surface area contributed by atoms with E-state index < -0.39 is 36.6 Å². The van der Waals surface area contributed by atoms with Crippen molar-refractivity contribution in [3.63, 3.8) is 0 Å². The van der Waals surface area contributed by atoms with E-state index in [1.165, 1.54) is 179 Å². The van der Waals surface area contributed by atoms with Crippen molar-refractivity contribution in [2.75, 3.05) is 19.6 Å². The Hall–Kier alpha value is -0.800. The Kier molecular flexibility index (Phi) is 36.1. The molecule has 2 atom stereocenters. The summed E-state index contributed by atoms with van der Waals surface area (Å²) in [6.07, 6.45) is 38.9. The average molecular weight is 859 g/mol. The Bertz CT molecular complexity index is 1140. The molecule has 0 heterocycles. The first-order chi connectivity index (χ1) is 28.1. The Morgan fingerprint density at radius 3 is 1.03 bits per heavy atom. The van der Waals surface area contributed by atoms with Gasteiger partial charge in [0.2, 0.25) is 0 Å². The van der Waals surface area contributed by atoms with Gasteiger partial charge in [-0.15, -0.1) is 0 Å². The van der Waals surface area contributed by atoms with Crippen LogP contribution in [0.15, 0.2) is 29.2 Å². The largest absolute Gasteiger partial charge is 0.362 e. The molecule has 0 aliphatic heterocycles. The number of unbranched alkanes of at least 4 members (excludes halogenated alkanes) is 30. The number of benzene rings is 1. The van der Waals surface area contributed by atoms with E-state index >= 15 is 0 Å². The van der Waals surface area contributed by atoms with Gasteiger partial charge in [-0.05, 0) is 45.7 Å². The van der Waals surface area contributed by atoms with Crippen molar-refractivity contribution in [1.82, 2.24) is 0 Å². The molecule has 1 aromatic carbocycles. The van der Waals surface area contributed by atoms with Gasteiger partial charge >= 0.3 is 7.60 Å². The van der Waals surface area contributed by atoms with Gasteiger partial charge in [-0.2, -0.15) is 8.42 Å². The molecule has 2 unspecified atom stereocenters. The van der Waals surface area contributed by atoms with Gasteiger partial charge in [0, 0.05) is 13.2 Å². The van der Waals surface area contributed by atoms with Crippen LogP contribution in [-0.2, 0) is 37.4 Å². The van der Waals surface area contributed by atoms with Gasteiger partial charge in [0.1, 0.15) is 0 Å². The number of ether oxygens (including phenoxy) is 2. The lowest BCUT2D eigenvalue weighted by molar-refractivity contribution is -0.108. The first kappa shape index (κ1) is 55.2. The highest BCUT2D eigenvalue weighted by molar-refractivity contribution is 7.87. The Balaban J connectivity index is 2.32. The van der Waals surface area contributed by atoms with Crippen molar-refractivity contribution < 1.29 is 35.7 Å². The minimum atomic E-state index is -4.19. The Labute approximate surface area is 359 Å². The average Bonchev–Trinajstić information content (AvgIpc) is 3.19. The van der Waals surface area contributed by atoms with E-state index in [2.05, 4.69) is 13.8 Å². The number of hydrogen-bond donors (Lipinski definition) is 0. The molecule has 0 N–H and O–H groups in total. The Morgan fingerprint density at radius 2 is 0.741 bits per heavy atom. The molecule has 0 bridgehead atoms. The van der Waals surface area contributed by atoms with Crippen LogP contribution in [0.3, 0.4) is 0 Å². The fraction of sp³-hybridized carbons (Fsp3) is 0.875. The highest BCUT2D eigenvalue weighted by Gasteiger charge is 2.34. The molecule has 0 aliphatic carbocycles. The molecule has 0 aliphatic rings. The van der Waals surface area contributed by atoms with E-state index in [4.69, 9.17) is 22.7 Å². The van der Waals surface area contributed by atoms with Gasteiger partial charge in [-0.3, -0.25) is 17.8 Å². The highest BCUT2D eigenvalue weighted by Crippen LogP contribution is 2.51. The van der Waals surface area contributed by atoms with E-state index in [1.807, 2.05) is 6.92 Å². The van der Waals surface area contributed by atoms with Crippen LogP contribution in [0.5, 0.6) is 0 Å². The van der Waals surface area contributed by atoms with Gasteiger partial charge in [-0.25, -0.2) is 0 Å². The van der Waals surface area contributed by atoms with E-state index in [1.54, 1.807) is 26.0 Å². The maximum atomic E-state index is 13.9. The minimum Gasteiger partial charge on any atom is -0.352 e. The van der Waals surface area contributed by atoms with Crippen LogP contribution in [0.1, 0.15) is 239 Å². The van der Waals surface area contributed by atoms with Gasteiger partial charge in [0.05, 0.1) is 4.90 Å². The van der Waals surface area contributed by atoms with Crippen molar-refractivity contribution >= 4 is 17.7 Å². The van der Waals surface area contributed by atoms with E-state index in [9.17, 15) is 13.0 Å². The first-order valence-electron chi connectivity index (χ1n) is 24.3. The van der Waals surface area contributed by atoms with Gasteiger partial charge in [-0.1, -0.05) is 224 Å². The molecule has 0 radical (unpaired) electrons. The monoisotopic (exact) mass is 859 g/mol. The molecule has 0 spiro atoms. The van der Waals surface area contributed by atoms with E-state index in [0.717, 1.165) is 44.1 Å². The Morgan fingerprint density at radius 1 is 0.466 bits per heavy atom. The topological polar surface area (TPSA) is 97.4 Å². The van der Waals surface area contributed by atoms with Crippen molar-refractivity contribution in [2.24, 2.45) is 0 Å². The van der Waals surface area contributed by atoms with Gasteiger partial charge in [0.15, 0.2) is 18.9 Å². The van der Waals surface area contributed by atoms with Crippen LogP contribution < -0.4 is 0 Å². The fourth-order valence-electron chi connectivity index (χ4n) is 7.30. The summed E-state index contributed by atoms with van der Waals surface area (Å²) in [5, 5.41) is 0. The first-order valence-corrected chi connectivity index (χ1v) is 27.4. The summed E-state index contributed by atoms with van der Waals surface area (Å²) in [5.74, 6) is 0. The van der Waals surface area contributed by atoms with Crippen LogP contribution in [0.2, 0.25) is 0 Å². The lowest BCUT2D eigenvalue weighted by Gasteiger charge is -2.25. The lowest BCUT2D eigenvalue weighted by atomic mass is 10.0. The van der Waals surface area contributed by atoms with Crippen LogP contribution in [0.4, 0.5) is 0 Å². The molecule has 0 saturated carbocycles. The van der Waals surface area contributed by atoms with E-state index in [0.29, 0.717) is 13.2 Å². The molecule has 1 rings (SSSR count). The second-order valence-electron chi connectivity index (χ2n) is 16.8. The molecule has 0 fully saturated rings. The molecule has 0 amide bonds. The maximum Gasteiger partial charge on any atom is 0.362 e. The third-order valence-electron chi connectivity index (χ3n) is 11.0. The standard InChI is InChI=1S/C48H91O8PS/c1-6-8-10-12-14-16-18-20-22-24-26-28-30-32-34-36-42-52-46(4)55-57(49,44-54-58(50,51)48-40-38-45(3)39-41-48)56-47(5)53-43-37-35-33-31-29-27-25-23-21-19-17-15-13-11-9-7-2/h38-41,46-47H,6-37,42-44H2,1-5H3. The summed E-state index contributed by atoms with van der Waals surface area (Å²) >= 11 is 0. The van der Waals surface area contributed by atoms with Crippen molar-refractivity contribution in [3.05, 3.63) is 29.8 Å². The molecule has 1 aromatic rings.